The zero-order valence-electron chi connectivity index (χ0n) is 12.7. The highest BCUT2D eigenvalue weighted by Gasteiger charge is 2.04. The molecule has 1 aromatic heterocycles. The molecule has 0 aliphatic carbocycles. The lowest BCUT2D eigenvalue weighted by Gasteiger charge is -2.05. The van der Waals surface area contributed by atoms with Crippen LogP contribution in [0.4, 0.5) is 10.8 Å². The number of aryl methyl sites for hydroxylation is 2. The lowest BCUT2D eigenvalue weighted by atomic mass is 10.1. The van der Waals surface area contributed by atoms with Crippen molar-refractivity contribution in [3.63, 3.8) is 0 Å². The molecule has 0 saturated carbocycles. The summed E-state index contributed by atoms with van der Waals surface area (Å²) in [7, 11) is 0. The zero-order valence-corrected chi connectivity index (χ0v) is 14.3. The number of carbonyl (C=O) groups excluding carboxylic acids is 2. The maximum absolute atomic E-state index is 11.2. The van der Waals surface area contributed by atoms with Crippen LogP contribution in [-0.4, -0.2) is 23.3 Å². The first-order chi connectivity index (χ1) is 10.6. The minimum atomic E-state index is -0.208. The lowest BCUT2D eigenvalue weighted by molar-refractivity contribution is -0.115. The minimum Gasteiger partial charge on any atom is -0.325 e. The van der Waals surface area contributed by atoms with E-state index in [0.29, 0.717) is 5.13 Å². The third kappa shape index (κ3) is 6.35. The van der Waals surface area contributed by atoms with Crippen molar-refractivity contribution in [1.29, 1.82) is 0 Å². The van der Waals surface area contributed by atoms with Gasteiger partial charge in [-0.1, -0.05) is 12.1 Å². The van der Waals surface area contributed by atoms with Gasteiger partial charge in [-0.05, 0) is 30.5 Å². The summed E-state index contributed by atoms with van der Waals surface area (Å²) in [5.41, 5.74) is 8.09. The van der Waals surface area contributed by atoms with E-state index >= 15 is 0 Å². The Bertz CT molecular complexity index is 658. The van der Waals surface area contributed by atoms with Crippen molar-refractivity contribution in [2.45, 2.75) is 19.8 Å². The number of nitrogens with zero attached hydrogens (tertiary/aromatic N) is 1. The van der Waals surface area contributed by atoms with Gasteiger partial charge in [0.25, 0.3) is 0 Å². The molecule has 8 heteroatoms. The average molecular weight is 355 g/mol. The molecule has 0 radical (unpaired) electrons. The number of nitrogens with two attached hydrogens (primary N) is 1. The van der Waals surface area contributed by atoms with E-state index in [2.05, 4.69) is 15.6 Å². The van der Waals surface area contributed by atoms with Crippen LogP contribution >= 0.6 is 23.7 Å². The third-order valence-electron chi connectivity index (χ3n) is 2.93. The number of hydrogen-bond donors (Lipinski definition) is 3. The fourth-order valence-electron chi connectivity index (χ4n) is 1.87. The Labute approximate surface area is 144 Å². The molecule has 6 nitrogen and oxygen atoms in total. The molecule has 0 spiro atoms. The van der Waals surface area contributed by atoms with E-state index in [1.54, 1.807) is 0 Å². The van der Waals surface area contributed by atoms with Crippen molar-refractivity contribution in [2.75, 3.05) is 17.2 Å². The van der Waals surface area contributed by atoms with Crippen LogP contribution in [0.3, 0.4) is 0 Å². The molecule has 0 bridgehead atoms. The van der Waals surface area contributed by atoms with Crippen molar-refractivity contribution in [1.82, 2.24) is 4.98 Å². The van der Waals surface area contributed by atoms with Crippen molar-refractivity contribution in [2.24, 2.45) is 5.73 Å². The first-order valence-electron chi connectivity index (χ1n) is 6.87. The summed E-state index contributed by atoms with van der Waals surface area (Å²) in [4.78, 5) is 26.5. The molecule has 4 N–H and O–H groups in total. The number of hydrogen-bond acceptors (Lipinski definition) is 5. The summed E-state index contributed by atoms with van der Waals surface area (Å²) in [5.74, 6) is -0.322. The molecule has 0 atom stereocenters. The van der Waals surface area contributed by atoms with E-state index in [0.717, 1.165) is 29.8 Å². The minimum absolute atomic E-state index is 0. The molecule has 1 heterocycles. The number of aromatic nitrogens is 1. The van der Waals surface area contributed by atoms with Crippen molar-refractivity contribution in [3.05, 3.63) is 40.9 Å². The topological polar surface area (TPSA) is 97.1 Å². The van der Waals surface area contributed by atoms with Gasteiger partial charge >= 0.3 is 0 Å². The Morgan fingerprint density at radius 2 is 1.87 bits per heavy atom. The molecular weight excluding hydrogens is 336 g/mol. The number of rotatable bonds is 6. The highest BCUT2D eigenvalue weighted by Crippen LogP contribution is 2.17. The lowest BCUT2D eigenvalue weighted by Crippen LogP contribution is -2.21. The monoisotopic (exact) mass is 354 g/mol. The predicted molar refractivity (Wildman–Crippen MR) is 95.2 cm³/mol. The number of benzene rings is 1. The molecule has 0 aliphatic rings. The molecule has 2 rings (SSSR count). The smallest absolute Gasteiger partial charge is 0.238 e. The number of carbonyl (C=O) groups is 2. The quantitative estimate of drug-likeness (QED) is 0.740. The van der Waals surface area contributed by atoms with Gasteiger partial charge in [-0.15, -0.1) is 23.7 Å². The standard InChI is InChI=1S/C15H18N4O2S.ClH/c1-10(20)17-15-19-13(9-22-15)7-4-11-2-5-12(6-3-11)18-14(21)8-16;/h2-3,5-6,9H,4,7-8,16H2,1H3,(H,18,21)(H,17,19,20);1H. The second-order valence-electron chi connectivity index (χ2n) is 4.77. The Hall–Kier alpha value is -1.96. The second-order valence-corrected chi connectivity index (χ2v) is 5.63. The van der Waals surface area contributed by atoms with Crippen LogP contribution < -0.4 is 16.4 Å². The van der Waals surface area contributed by atoms with E-state index in [-0.39, 0.29) is 30.8 Å². The summed E-state index contributed by atoms with van der Waals surface area (Å²) in [6, 6.07) is 7.64. The summed E-state index contributed by atoms with van der Waals surface area (Å²) in [5, 5.41) is 7.94. The SMILES string of the molecule is CC(=O)Nc1nc(CCc2ccc(NC(=O)CN)cc2)cs1.Cl. The summed E-state index contributed by atoms with van der Waals surface area (Å²) in [6.45, 7) is 1.44. The second kappa shape index (κ2) is 9.24. The van der Waals surface area contributed by atoms with Crippen LogP contribution in [0.5, 0.6) is 0 Å². The molecule has 0 aliphatic heterocycles. The van der Waals surface area contributed by atoms with E-state index in [9.17, 15) is 9.59 Å². The average Bonchev–Trinajstić information content (AvgIpc) is 2.93. The molecule has 0 fully saturated rings. The van der Waals surface area contributed by atoms with Crippen LogP contribution in [0, 0.1) is 0 Å². The van der Waals surface area contributed by atoms with Gasteiger partial charge < -0.3 is 16.4 Å². The van der Waals surface area contributed by atoms with Gasteiger partial charge in [0.2, 0.25) is 11.8 Å². The van der Waals surface area contributed by atoms with Gasteiger partial charge in [0, 0.05) is 18.0 Å². The molecule has 0 unspecified atom stereocenters. The Balaban J connectivity index is 0.00000264. The van der Waals surface area contributed by atoms with Gasteiger partial charge in [-0.25, -0.2) is 4.98 Å². The molecule has 0 saturated heterocycles. The number of nitrogens with one attached hydrogen (secondary N) is 2. The molecule has 1 aromatic carbocycles. The van der Waals surface area contributed by atoms with Crippen LogP contribution in [0.15, 0.2) is 29.6 Å². The number of anilines is 2. The normalized spacial score (nSPS) is 9.83. The molecule has 23 heavy (non-hydrogen) atoms. The fourth-order valence-corrected chi connectivity index (χ4v) is 2.66. The summed E-state index contributed by atoms with van der Waals surface area (Å²) >= 11 is 1.42. The van der Waals surface area contributed by atoms with Crippen LogP contribution in [0.2, 0.25) is 0 Å². The summed E-state index contributed by atoms with van der Waals surface area (Å²) < 4.78 is 0. The van der Waals surface area contributed by atoms with Crippen molar-refractivity contribution in [3.8, 4) is 0 Å². The van der Waals surface area contributed by atoms with Gasteiger partial charge in [-0.2, -0.15) is 0 Å². The predicted octanol–water partition coefficient (Wildman–Crippen LogP) is 2.21. The van der Waals surface area contributed by atoms with Crippen LogP contribution in [0.25, 0.3) is 0 Å². The van der Waals surface area contributed by atoms with Crippen LogP contribution in [-0.2, 0) is 22.4 Å². The third-order valence-corrected chi connectivity index (χ3v) is 3.73. The molecule has 2 aromatic rings. The Morgan fingerprint density at radius 1 is 1.17 bits per heavy atom. The van der Waals surface area contributed by atoms with E-state index in [4.69, 9.17) is 5.73 Å². The first kappa shape index (κ1) is 19.1. The van der Waals surface area contributed by atoms with Gasteiger partial charge in [0.05, 0.1) is 12.2 Å². The molecule has 124 valence electrons. The van der Waals surface area contributed by atoms with Crippen LogP contribution in [0.1, 0.15) is 18.2 Å². The largest absolute Gasteiger partial charge is 0.325 e. The highest BCUT2D eigenvalue weighted by molar-refractivity contribution is 7.13. The van der Waals surface area contributed by atoms with E-state index in [1.807, 2.05) is 29.6 Å². The van der Waals surface area contributed by atoms with E-state index in [1.165, 1.54) is 18.3 Å². The van der Waals surface area contributed by atoms with Gasteiger partial charge in [0.1, 0.15) is 0 Å². The Kier molecular flexibility index (Phi) is 7.67. The molecular formula is C15H19ClN4O2S. The summed E-state index contributed by atoms with van der Waals surface area (Å²) in [6.07, 6.45) is 1.64. The number of halogens is 1. The Morgan fingerprint density at radius 3 is 2.48 bits per heavy atom. The first-order valence-corrected chi connectivity index (χ1v) is 7.75. The molecule has 2 amide bonds. The van der Waals surface area contributed by atoms with Crippen molar-refractivity contribution >= 4 is 46.4 Å². The maximum atomic E-state index is 11.2. The van der Waals surface area contributed by atoms with Gasteiger partial charge in [-0.3, -0.25) is 9.59 Å². The van der Waals surface area contributed by atoms with E-state index < -0.39 is 0 Å². The van der Waals surface area contributed by atoms with Gasteiger partial charge in [0.15, 0.2) is 5.13 Å². The fraction of sp³-hybridized carbons (Fsp3) is 0.267. The highest BCUT2D eigenvalue weighted by atomic mass is 35.5. The number of amides is 2. The number of thiazole rings is 1. The zero-order chi connectivity index (χ0) is 15.9. The van der Waals surface area contributed by atoms with Crippen molar-refractivity contribution < 1.29 is 9.59 Å². The maximum Gasteiger partial charge on any atom is 0.238 e.